The van der Waals surface area contributed by atoms with Crippen LogP contribution in [0.4, 0.5) is 5.82 Å². The van der Waals surface area contributed by atoms with Crippen molar-refractivity contribution in [3.05, 3.63) is 41.7 Å². The van der Waals surface area contributed by atoms with Crippen molar-refractivity contribution in [3.8, 4) is 0 Å². The average molecular weight is 268 g/mol. The van der Waals surface area contributed by atoms with E-state index in [9.17, 15) is 0 Å². The summed E-state index contributed by atoms with van der Waals surface area (Å²) in [7, 11) is 3.88. The Morgan fingerprint density at radius 3 is 2.55 bits per heavy atom. The Bertz CT molecular complexity index is 732. The molecule has 2 aromatic heterocycles. The molecule has 3 rings (SSSR count). The van der Waals surface area contributed by atoms with Crippen molar-refractivity contribution >= 4 is 17.0 Å². The molecule has 20 heavy (non-hydrogen) atoms. The lowest BCUT2D eigenvalue weighted by Gasteiger charge is -2.11. The maximum atomic E-state index is 4.48. The first-order valence-electron chi connectivity index (χ1n) is 6.44. The Balaban J connectivity index is 2.09. The van der Waals surface area contributed by atoms with Gasteiger partial charge >= 0.3 is 0 Å². The molecule has 0 spiro atoms. The van der Waals surface area contributed by atoms with E-state index >= 15 is 0 Å². The molecule has 0 aliphatic heterocycles. The maximum Gasteiger partial charge on any atom is 0.184 e. The van der Waals surface area contributed by atoms with Gasteiger partial charge in [0.25, 0.3) is 0 Å². The SMILES string of the molecule is Cc1nc(N(C)C)c2nnn(Cc3ccccc3)c2n1. The van der Waals surface area contributed by atoms with Crippen LogP contribution in [0.25, 0.3) is 11.2 Å². The van der Waals surface area contributed by atoms with Crippen molar-refractivity contribution < 1.29 is 0 Å². The Morgan fingerprint density at radius 1 is 1.10 bits per heavy atom. The summed E-state index contributed by atoms with van der Waals surface area (Å²) in [5.41, 5.74) is 2.67. The van der Waals surface area contributed by atoms with E-state index in [-0.39, 0.29) is 0 Å². The van der Waals surface area contributed by atoms with Gasteiger partial charge in [0.05, 0.1) is 6.54 Å². The summed E-state index contributed by atoms with van der Waals surface area (Å²) in [6, 6.07) is 10.2. The fourth-order valence-electron chi connectivity index (χ4n) is 2.12. The van der Waals surface area contributed by atoms with E-state index in [2.05, 4.69) is 32.4 Å². The maximum absolute atomic E-state index is 4.48. The summed E-state index contributed by atoms with van der Waals surface area (Å²) >= 11 is 0. The molecule has 0 saturated heterocycles. The Kier molecular flexibility index (Phi) is 3.06. The van der Waals surface area contributed by atoms with Gasteiger partial charge in [0.1, 0.15) is 5.82 Å². The first kappa shape index (κ1) is 12.5. The molecule has 6 heteroatoms. The van der Waals surface area contributed by atoms with Crippen LogP contribution in [0.3, 0.4) is 0 Å². The second-order valence-corrected chi connectivity index (χ2v) is 4.89. The second kappa shape index (κ2) is 4.88. The molecule has 6 nitrogen and oxygen atoms in total. The third-order valence-corrected chi connectivity index (χ3v) is 3.05. The highest BCUT2D eigenvalue weighted by molar-refractivity contribution is 5.82. The third-order valence-electron chi connectivity index (χ3n) is 3.05. The predicted molar refractivity (Wildman–Crippen MR) is 77.7 cm³/mol. The molecule has 0 radical (unpaired) electrons. The van der Waals surface area contributed by atoms with E-state index in [0.29, 0.717) is 6.54 Å². The standard InChI is InChI=1S/C14H16N6/c1-10-15-13(19(2)3)12-14(16-10)20(18-17-12)9-11-7-5-4-6-8-11/h4-8H,9H2,1-3H3. The number of hydrogen-bond donors (Lipinski definition) is 0. The zero-order chi connectivity index (χ0) is 14.1. The van der Waals surface area contributed by atoms with Crippen molar-refractivity contribution in [2.75, 3.05) is 19.0 Å². The Morgan fingerprint density at radius 2 is 1.85 bits per heavy atom. The number of nitrogens with zero attached hydrogens (tertiary/aromatic N) is 6. The molecule has 2 heterocycles. The highest BCUT2D eigenvalue weighted by atomic mass is 15.4. The predicted octanol–water partition coefficient (Wildman–Crippen LogP) is 1.64. The molecule has 3 aromatic rings. The minimum Gasteiger partial charge on any atom is -0.361 e. The van der Waals surface area contributed by atoms with E-state index in [1.807, 2.05) is 48.8 Å². The number of aryl methyl sites for hydroxylation is 1. The average Bonchev–Trinajstić information content (AvgIpc) is 2.82. The first-order valence-corrected chi connectivity index (χ1v) is 6.44. The largest absolute Gasteiger partial charge is 0.361 e. The number of anilines is 1. The van der Waals surface area contributed by atoms with Crippen LogP contribution in [0, 0.1) is 6.92 Å². The highest BCUT2D eigenvalue weighted by Crippen LogP contribution is 2.20. The molecule has 0 atom stereocenters. The third kappa shape index (κ3) is 2.20. The normalized spacial score (nSPS) is 10.9. The van der Waals surface area contributed by atoms with E-state index in [1.54, 1.807) is 0 Å². The van der Waals surface area contributed by atoms with Crippen LogP contribution in [0.15, 0.2) is 30.3 Å². The highest BCUT2D eigenvalue weighted by Gasteiger charge is 2.14. The van der Waals surface area contributed by atoms with Crippen LogP contribution < -0.4 is 4.90 Å². The van der Waals surface area contributed by atoms with E-state index < -0.39 is 0 Å². The summed E-state index contributed by atoms with van der Waals surface area (Å²) in [6.07, 6.45) is 0. The molecule has 0 unspecified atom stereocenters. The van der Waals surface area contributed by atoms with Crippen molar-refractivity contribution in [1.29, 1.82) is 0 Å². The van der Waals surface area contributed by atoms with Crippen LogP contribution in [0.5, 0.6) is 0 Å². The van der Waals surface area contributed by atoms with Crippen LogP contribution in [0.1, 0.15) is 11.4 Å². The number of benzene rings is 1. The fraction of sp³-hybridized carbons (Fsp3) is 0.286. The number of rotatable bonds is 3. The summed E-state index contributed by atoms with van der Waals surface area (Å²) in [5.74, 6) is 1.52. The molecular formula is C14H16N6. The summed E-state index contributed by atoms with van der Waals surface area (Å²) in [5, 5.41) is 8.44. The zero-order valence-corrected chi connectivity index (χ0v) is 11.8. The van der Waals surface area contributed by atoms with Crippen LogP contribution >= 0.6 is 0 Å². The first-order chi connectivity index (χ1) is 9.65. The lowest BCUT2D eigenvalue weighted by Crippen LogP contribution is -2.13. The lowest BCUT2D eigenvalue weighted by atomic mass is 10.2. The van der Waals surface area contributed by atoms with Gasteiger partial charge in [0.15, 0.2) is 17.0 Å². The fourth-order valence-corrected chi connectivity index (χ4v) is 2.12. The molecule has 0 saturated carbocycles. The Hall–Kier alpha value is -2.50. The van der Waals surface area contributed by atoms with Crippen molar-refractivity contribution in [2.24, 2.45) is 0 Å². The Labute approximate surface area is 117 Å². The van der Waals surface area contributed by atoms with Gasteiger partial charge in [-0.15, -0.1) is 5.10 Å². The van der Waals surface area contributed by atoms with Crippen molar-refractivity contribution in [2.45, 2.75) is 13.5 Å². The topological polar surface area (TPSA) is 59.7 Å². The minimum atomic E-state index is 0.653. The number of aromatic nitrogens is 5. The van der Waals surface area contributed by atoms with Gasteiger partial charge in [-0.05, 0) is 12.5 Å². The molecule has 0 aliphatic carbocycles. The van der Waals surface area contributed by atoms with E-state index in [4.69, 9.17) is 0 Å². The van der Waals surface area contributed by atoms with Crippen molar-refractivity contribution in [3.63, 3.8) is 0 Å². The smallest absolute Gasteiger partial charge is 0.184 e. The minimum absolute atomic E-state index is 0.653. The molecule has 0 bridgehead atoms. The number of hydrogen-bond acceptors (Lipinski definition) is 5. The monoisotopic (exact) mass is 268 g/mol. The lowest BCUT2D eigenvalue weighted by molar-refractivity contribution is 0.663. The van der Waals surface area contributed by atoms with Gasteiger partial charge in [-0.25, -0.2) is 14.6 Å². The molecule has 1 aromatic carbocycles. The summed E-state index contributed by atoms with van der Waals surface area (Å²) in [6.45, 7) is 2.53. The molecule has 0 aliphatic rings. The quantitative estimate of drug-likeness (QED) is 0.722. The second-order valence-electron chi connectivity index (χ2n) is 4.89. The van der Waals surface area contributed by atoms with E-state index in [0.717, 1.165) is 22.8 Å². The zero-order valence-electron chi connectivity index (χ0n) is 11.8. The van der Waals surface area contributed by atoms with Crippen molar-refractivity contribution in [1.82, 2.24) is 25.0 Å². The van der Waals surface area contributed by atoms with Gasteiger partial charge in [-0.2, -0.15) is 0 Å². The van der Waals surface area contributed by atoms with Gasteiger partial charge in [0, 0.05) is 14.1 Å². The van der Waals surface area contributed by atoms with E-state index in [1.165, 1.54) is 5.56 Å². The molecule has 102 valence electrons. The van der Waals surface area contributed by atoms with Crippen LogP contribution in [-0.4, -0.2) is 39.1 Å². The van der Waals surface area contributed by atoms with Gasteiger partial charge < -0.3 is 4.90 Å². The van der Waals surface area contributed by atoms with Gasteiger partial charge in [-0.1, -0.05) is 35.5 Å². The van der Waals surface area contributed by atoms with Crippen LogP contribution in [-0.2, 0) is 6.54 Å². The molecule has 0 fully saturated rings. The van der Waals surface area contributed by atoms with Crippen LogP contribution in [0.2, 0.25) is 0 Å². The summed E-state index contributed by atoms with van der Waals surface area (Å²) in [4.78, 5) is 10.8. The molecular weight excluding hydrogens is 252 g/mol. The molecule has 0 amide bonds. The van der Waals surface area contributed by atoms with Gasteiger partial charge in [0.2, 0.25) is 0 Å². The molecule has 0 N–H and O–H groups in total. The number of fused-ring (bicyclic) bond motifs is 1. The van der Waals surface area contributed by atoms with Gasteiger partial charge in [-0.3, -0.25) is 0 Å². The summed E-state index contributed by atoms with van der Waals surface area (Å²) < 4.78 is 1.81.